The van der Waals surface area contributed by atoms with Gasteiger partial charge in [0.15, 0.2) is 0 Å². The van der Waals surface area contributed by atoms with E-state index in [2.05, 4.69) is 9.98 Å². The Morgan fingerprint density at radius 1 is 1.50 bits per heavy atom. The number of amidine groups is 1. The van der Waals surface area contributed by atoms with E-state index in [9.17, 15) is 9.90 Å². The summed E-state index contributed by atoms with van der Waals surface area (Å²) in [7, 11) is 0. The van der Waals surface area contributed by atoms with Gasteiger partial charge >= 0.3 is 0 Å². The highest BCUT2D eigenvalue weighted by molar-refractivity contribution is 6.09. The lowest BCUT2D eigenvalue weighted by Gasteiger charge is -2.16. The highest BCUT2D eigenvalue weighted by Gasteiger charge is 2.24. The molecule has 2 aliphatic heterocycles. The highest BCUT2D eigenvalue weighted by atomic mass is 16.3. The molecule has 0 aromatic heterocycles. The SMILES string of the molecule is O=C1C=C(O)C2C=CC=NC2=N1. The van der Waals surface area contributed by atoms with Crippen molar-refractivity contribution in [3.8, 4) is 0 Å². The van der Waals surface area contributed by atoms with Crippen molar-refractivity contribution < 1.29 is 9.90 Å². The van der Waals surface area contributed by atoms with Crippen molar-refractivity contribution in [1.29, 1.82) is 0 Å². The number of amides is 1. The summed E-state index contributed by atoms with van der Waals surface area (Å²) in [6.45, 7) is 0. The molecule has 1 amide bonds. The van der Waals surface area contributed by atoms with Crippen molar-refractivity contribution in [3.63, 3.8) is 0 Å². The first-order valence-electron chi connectivity index (χ1n) is 3.51. The number of nitrogens with zero attached hydrogens (tertiary/aromatic N) is 2. The molecule has 0 saturated carbocycles. The molecule has 4 nitrogen and oxygen atoms in total. The summed E-state index contributed by atoms with van der Waals surface area (Å²) in [5.74, 6) is -0.403. The summed E-state index contributed by atoms with van der Waals surface area (Å²) >= 11 is 0. The fourth-order valence-corrected chi connectivity index (χ4v) is 1.14. The highest BCUT2D eigenvalue weighted by Crippen LogP contribution is 2.19. The molecule has 0 spiro atoms. The lowest BCUT2D eigenvalue weighted by molar-refractivity contribution is -0.113. The molecule has 1 unspecified atom stereocenters. The Morgan fingerprint density at radius 2 is 2.33 bits per heavy atom. The maximum absolute atomic E-state index is 10.8. The summed E-state index contributed by atoms with van der Waals surface area (Å²) in [5.41, 5.74) is 0. The van der Waals surface area contributed by atoms with Crippen LogP contribution in [0.4, 0.5) is 0 Å². The van der Waals surface area contributed by atoms with Crippen molar-refractivity contribution in [3.05, 3.63) is 24.0 Å². The Kier molecular flexibility index (Phi) is 1.40. The van der Waals surface area contributed by atoms with Crippen LogP contribution in [0.25, 0.3) is 0 Å². The molecule has 0 fully saturated rings. The average molecular weight is 162 g/mol. The van der Waals surface area contributed by atoms with Crippen LogP contribution in [0.3, 0.4) is 0 Å². The molecule has 4 heteroatoms. The second-order valence-electron chi connectivity index (χ2n) is 2.52. The Morgan fingerprint density at radius 3 is 3.17 bits per heavy atom. The van der Waals surface area contributed by atoms with Crippen molar-refractivity contribution in [2.24, 2.45) is 15.9 Å². The maximum Gasteiger partial charge on any atom is 0.274 e. The quantitative estimate of drug-likeness (QED) is 0.567. The van der Waals surface area contributed by atoms with Gasteiger partial charge < -0.3 is 5.11 Å². The zero-order chi connectivity index (χ0) is 8.55. The van der Waals surface area contributed by atoms with Crippen LogP contribution in [0, 0.1) is 5.92 Å². The Labute approximate surface area is 68.6 Å². The normalized spacial score (nSPS) is 26.3. The number of aliphatic hydroxyl groups is 1. The van der Waals surface area contributed by atoms with E-state index in [1.54, 1.807) is 18.4 Å². The van der Waals surface area contributed by atoms with Crippen molar-refractivity contribution in [2.75, 3.05) is 0 Å². The summed E-state index contributed by atoms with van der Waals surface area (Å²) in [6.07, 6.45) is 6.11. The van der Waals surface area contributed by atoms with Crippen LogP contribution in [-0.2, 0) is 4.79 Å². The molecule has 60 valence electrons. The lowest BCUT2D eigenvalue weighted by Crippen LogP contribution is -2.21. The second-order valence-corrected chi connectivity index (χ2v) is 2.52. The summed E-state index contributed by atoms with van der Waals surface area (Å²) in [4.78, 5) is 18.3. The van der Waals surface area contributed by atoms with Gasteiger partial charge in [0, 0.05) is 12.3 Å². The first-order valence-corrected chi connectivity index (χ1v) is 3.51. The van der Waals surface area contributed by atoms with Crippen LogP contribution in [0.1, 0.15) is 0 Å². The maximum atomic E-state index is 10.8. The van der Waals surface area contributed by atoms with Gasteiger partial charge in [-0.2, -0.15) is 4.99 Å². The molecule has 2 heterocycles. The van der Waals surface area contributed by atoms with Gasteiger partial charge in [0.25, 0.3) is 5.91 Å². The van der Waals surface area contributed by atoms with Gasteiger partial charge in [-0.15, -0.1) is 0 Å². The largest absolute Gasteiger partial charge is 0.511 e. The summed E-state index contributed by atoms with van der Waals surface area (Å²) in [6, 6.07) is 0. The standard InChI is InChI=1S/C8H6N2O2/c11-6-4-7(12)10-8-5(6)2-1-3-9-8/h1-5,11H. The van der Waals surface area contributed by atoms with Crippen LogP contribution in [-0.4, -0.2) is 23.1 Å². The predicted molar refractivity (Wildman–Crippen MR) is 44.3 cm³/mol. The van der Waals surface area contributed by atoms with Crippen molar-refractivity contribution >= 4 is 18.0 Å². The van der Waals surface area contributed by atoms with E-state index < -0.39 is 5.91 Å². The monoisotopic (exact) mass is 162 g/mol. The first kappa shape index (κ1) is 6.97. The van der Waals surface area contributed by atoms with Gasteiger partial charge in [-0.3, -0.25) is 4.79 Å². The van der Waals surface area contributed by atoms with Gasteiger partial charge in [0.2, 0.25) is 0 Å². The van der Waals surface area contributed by atoms with E-state index in [4.69, 9.17) is 0 Å². The number of hydrogen-bond acceptors (Lipinski definition) is 3. The topological polar surface area (TPSA) is 62.0 Å². The number of hydrogen-bond donors (Lipinski definition) is 1. The fourth-order valence-electron chi connectivity index (χ4n) is 1.14. The van der Waals surface area contributed by atoms with Gasteiger partial charge in [0.05, 0.1) is 5.92 Å². The molecule has 0 aromatic rings. The van der Waals surface area contributed by atoms with Gasteiger partial charge in [-0.1, -0.05) is 6.08 Å². The number of carbonyl (C=O) groups excluding carboxylic acids is 1. The summed E-state index contributed by atoms with van der Waals surface area (Å²) < 4.78 is 0. The van der Waals surface area contributed by atoms with Crippen LogP contribution < -0.4 is 0 Å². The van der Waals surface area contributed by atoms with E-state index in [-0.39, 0.29) is 11.7 Å². The zero-order valence-electron chi connectivity index (χ0n) is 6.14. The van der Waals surface area contributed by atoms with Crippen LogP contribution >= 0.6 is 0 Å². The van der Waals surface area contributed by atoms with Gasteiger partial charge in [-0.05, 0) is 6.08 Å². The van der Waals surface area contributed by atoms with Crippen LogP contribution in [0.5, 0.6) is 0 Å². The number of rotatable bonds is 0. The third-order valence-corrected chi connectivity index (χ3v) is 1.69. The zero-order valence-corrected chi connectivity index (χ0v) is 6.14. The average Bonchev–Trinajstić information content (AvgIpc) is 2.04. The van der Waals surface area contributed by atoms with E-state index in [1.165, 1.54) is 0 Å². The first-order chi connectivity index (χ1) is 5.77. The van der Waals surface area contributed by atoms with Crippen molar-refractivity contribution in [1.82, 2.24) is 0 Å². The minimum absolute atomic E-state index is 0.0121. The van der Waals surface area contributed by atoms with Crippen molar-refractivity contribution in [2.45, 2.75) is 0 Å². The van der Waals surface area contributed by atoms with E-state index >= 15 is 0 Å². The van der Waals surface area contributed by atoms with E-state index in [0.29, 0.717) is 5.84 Å². The number of aliphatic hydroxyl groups excluding tert-OH is 1. The molecule has 1 atom stereocenters. The number of allylic oxidation sites excluding steroid dienone is 1. The van der Waals surface area contributed by atoms with E-state index in [1.807, 2.05) is 0 Å². The molecule has 0 radical (unpaired) electrons. The molecular formula is C8H6N2O2. The molecule has 2 rings (SSSR count). The Bertz CT molecular complexity index is 350. The number of carbonyl (C=O) groups is 1. The fraction of sp³-hybridized carbons (Fsp3) is 0.125. The third-order valence-electron chi connectivity index (χ3n) is 1.69. The van der Waals surface area contributed by atoms with E-state index in [0.717, 1.165) is 6.08 Å². The summed E-state index contributed by atoms with van der Waals surface area (Å²) in [5, 5.41) is 9.31. The number of aliphatic imine (C=N–C) groups is 2. The van der Waals surface area contributed by atoms with Crippen LogP contribution in [0.15, 0.2) is 34.0 Å². The van der Waals surface area contributed by atoms with Gasteiger partial charge in [0.1, 0.15) is 11.6 Å². The molecule has 0 saturated heterocycles. The Hall–Kier alpha value is -1.71. The molecule has 0 aromatic carbocycles. The van der Waals surface area contributed by atoms with Gasteiger partial charge in [-0.25, -0.2) is 4.99 Å². The number of dihydropyridines is 2. The lowest BCUT2D eigenvalue weighted by atomic mass is 10.0. The predicted octanol–water partition coefficient (Wildman–Crippen LogP) is 0.624. The molecular weight excluding hydrogens is 156 g/mol. The Balaban J connectivity index is 2.44. The molecule has 2 aliphatic rings. The third kappa shape index (κ3) is 0.972. The smallest absolute Gasteiger partial charge is 0.274 e. The second kappa shape index (κ2) is 2.41. The molecule has 12 heavy (non-hydrogen) atoms. The number of fused-ring (bicyclic) bond motifs is 1. The molecule has 0 bridgehead atoms. The minimum Gasteiger partial charge on any atom is -0.511 e. The van der Waals surface area contributed by atoms with Crippen LogP contribution in [0.2, 0.25) is 0 Å². The molecule has 1 N–H and O–H groups in total. The molecule has 0 aliphatic carbocycles. The minimum atomic E-state index is -0.453.